The zero-order chi connectivity index (χ0) is 22.6. The minimum Gasteiger partial charge on any atom is -0.497 e. The normalized spacial score (nSPS) is 11.1. The van der Waals surface area contributed by atoms with Crippen LogP contribution in [0.15, 0.2) is 70.4 Å². The van der Waals surface area contributed by atoms with Gasteiger partial charge in [0.15, 0.2) is 0 Å². The van der Waals surface area contributed by atoms with Crippen LogP contribution < -0.4 is 20.3 Å². The molecule has 31 heavy (non-hydrogen) atoms. The average Bonchev–Trinajstić information content (AvgIpc) is 2.73. The summed E-state index contributed by atoms with van der Waals surface area (Å²) in [5.41, 5.74) is 1.37. The van der Waals surface area contributed by atoms with Crippen LogP contribution in [0.2, 0.25) is 0 Å². The van der Waals surface area contributed by atoms with Gasteiger partial charge in [0.2, 0.25) is 5.91 Å². The Morgan fingerprint density at radius 1 is 1.03 bits per heavy atom. The van der Waals surface area contributed by atoms with Gasteiger partial charge in [-0.15, -0.1) is 0 Å². The second-order valence-corrected chi connectivity index (χ2v) is 8.66. The Hall–Kier alpha value is -3.59. The Morgan fingerprint density at radius 2 is 1.74 bits per heavy atom. The number of carbonyl (C=O) groups is 1. The number of ether oxygens (including phenoxy) is 1. The first-order valence-electron chi connectivity index (χ1n) is 9.43. The third-order valence-corrected chi connectivity index (χ3v) is 5.99. The van der Waals surface area contributed by atoms with Gasteiger partial charge in [0.25, 0.3) is 15.6 Å². The van der Waals surface area contributed by atoms with Crippen molar-refractivity contribution in [3.8, 4) is 5.75 Å². The van der Waals surface area contributed by atoms with Crippen LogP contribution in [0.5, 0.6) is 5.75 Å². The molecule has 9 heteroatoms. The maximum atomic E-state index is 12.9. The first kappa shape index (κ1) is 22.1. The third kappa shape index (κ3) is 5.32. The molecule has 0 spiro atoms. The van der Waals surface area contributed by atoms with E-state index in [0.29, 0.717) is 17.1 Å². The lowest BCUT2D eigenvalue weighted by atomic mass is 10.2. The lowest BCUT2D eigenvalue weighted by Gasteiger charge is -2.14. The molecule has 0 unspecified atom stereocenters. The smallest absolute Gasteiger partial charge is 0.275 e. The molecule has 162 valence electrons. The van der Waals surface area contributed by atoms with E-state index in [2.05, 4.69) is 10.0 Å². The standard InChI is InChI=1S/C22H23N3O5S/c1-15-5-4-6-17(13-15)23-21(26)14-25-16(2)7-12-20(22(25)27)24-31(28,29)19-10-8-18(30-3)9-11-19/h4-13,24H,14H2,1-3H3,(H,23,26). The maximum Gasteiger partial charge on any atom is 0.275 e. The summed E-state index contributed by atoms with van der Waals surface area (Å²) in [4.78, 5) is 25.3. The highest BCUT2D eigenvalue weighted by atomic mass is 32.2. The number of sulfonamides is 1. The van der Waals surface area contributed by atoms with E-state index in [0.717, 1.165) is 5.56 Å². The van der Waals surface area contributed by atoms with Crippen LogP contribution in [0, 0.1) is 13.8 Å². The highest BCUT2D eigenvalue weighted by Crippen LogP contribution is 2.18. The molecule has 0 aliphatic rings. The second-order valence-electron chi connectivity index (χ2n) is 6.98. The highest BCUT2D eigenvalue weighted by Gasteiger charge is 2.18. The molecule has 0 saturated heterocycles. The molecule has 1 amide bonds. The van der Waals surface area contributed by atoms with Gasteiger partial charge >= 0.3 is 0 Å². The van der Waals surface area contributed by atoms with E-state index in [1.54, 1.807) is 19.1 Å². The lowest BCUT2D eigenvalue weighted by molar-refractivity contribution is -0.116. The monoisotopic (exact) mass is 441 g/mol. The van der Waals surface area contributed by atoms with E-state index in [1.807, 2.05) is 25.1 Å². The number of pyridine rings is 1. The predicted octanol–water partition coefficient (Wildman–Crippen LogP) is 2.91. The van der Waals surface area contributed by atoms with Gasteiger partial charge < -0.3 is 14.6 Å². The summed E-state index contributed by atoms with van der Waals surface area (Å²) in [6.45, 7) is 3.32. The summed E-state index contributed by atoms with van der Waals surface area (Å²) in [6.07, 6.45) is 0. The zero-order valence-electron chi connectivity index (χ0n) is 17.4. The van der Waals surface area contributed by atoms with E-state index >= 15 is 0 Å². The number of benzene rings is 2. The molecule has 2 aromatic carbocycles. The number of anilines is 2. The fraction of sp³-hybridized carbons (Fsp3) is 0.182. The van der Waals surface area contributed by atoms with Gasteiger partial charge in [-0.1, -0.05) is 12.1 Å². The van der Waals surface area contributed by atoms with Crippen LogP contribution in [0.4, 0.5) is 11.4 Å². The Kier molecular flexibility index (Phi) is 6.45. The van der Waals surface area contributed by atoms with E-state index in [1.165, 1.54) is 42.0 Å². The number of amides is 1. The summed E-state index contributed by atoms with van der Waals surface area (Å²) in [6, 6.07) is 16.0. The molecular formula is C22H23N3O5S. The highest BCUT2D eigenvalue weighted by molar-refractivity contribution is 7.92. The van der Waals surface area contributed by atoms with Crippen LogP contribution in [-0.2, 0) is 21.4 Å². The summed E-state index contributed by atoms with van der Waals surface area (Å²) in [5.74, 6) is 0.113. The number of methoxy groups -OCH3 is 1. The molecule has 8 nitrogen and oxygen atoms in total. The summed E-state index contributed by atoms with van der Waals surface area (Å²) in [5, 5.41) is 2.74. The van der Waals surface area contributed by atoms with Crippen molar-refractivity contribution in [3.05, 3.63) is 82.3 Å². The van der Waals surface area contributed by atoms with Crippen molar-refractivity contribution in [1.82, 2.24) is 4.57 Å². The Labute approximate surface area is 180 Å². The number of hydrogen-bond acceptors (Lipinski definition) is 5. The fourth-order valence-corrected chi connectivity index (χ4v) is 4.03. The quantitative estimate of drug-likeness (QED) is 0.586. The van der Waals surface area contributed by atoms with Gasteiger partial charge in [-0.2, -0.15) is 0 Å². The topological polar surface area (TPSA) is 106 Å². The molecule has 0 saturated carbocycles. The molecule has 1 aromatic heterocycles. The van der Waals surface area contributed by atoms with Crippen molar-refractivity contribution in [2.24, 2.45) is 0 Å². The van der Waals surface area contributed by atoms with Crippen molar-refractivity contribution < 1.29 is 17.9 Å². The van der Waals surface area contributed by atoms with Crippen molar-refractivity contribution in [2.45, 2.75) is 25.3 Å². The SMILES string of the molecule is COc1ccc(S(=O)(=O)Nc2ccc(C)n(CC(=O)Nc3cccc(C)c3)c2=O)cc1. The minimum absolute atomic E-state index is 0.0167. The Balaban J connectivity index is 1.82. The van der Waals surface area contributed by atoms with Gasteiger partial charge in [-0.25, -0.2) is 8.42 Å². The molecule has 2 N–H and O–H groups in total. The van der Waals surface area contributed by atoms with E-state index in [-0.39, 0.29) is 17.1 Å². The predicted molar refractivity (Wildman–Crippen MR) is 119 cm³/mol. The average molecular weight is 442 g/mol. The van der Waals surface area contributed by atoms with Crippen molar-refractivity contribution in [1.29, 1.82) is 0 Å². The fourth-order valence-electron chi connectivity index (χ4n) is 2.97. The molecule has 0 aliphatic heterocycles. The van der Waals surface area contributed by atoms with Crippen LogP contribution >= 0.6 is 0 Å². The molecule has 0 atom stereocenters. The molecule has 0 aliphatic carbocycles. The number of aryl methyl sites for hydroxylation is 2. The molecule has 0 radical (unpaired) electrons. The number of nitrogens with one attached hydrogen (secondary N) is 2. The van der Waals surface area contributed by atoms with Crippen LogP contribution in [0.3, 0.4) is 0 Å². The van der Waals surface area contributed by atoms with Crippen molar-refractivity contribution >= 4 is 27.3 Å². The molecule has 0 bridgehead atoms. The number of rotatable bonds is 7. The maximum absolute atomic E-state index is 12.9. The lowest BCUT2D eigenvalue weighted by Crippen LogP contribution is -2.31. The zero-order valence-corrected chi connectivity index (χ0v) is 18.2. The molecule has 1 heterocycles. The molecule has 0 fully saturated rings. The van der Waals surface area contributed by atoms with Gasteiger partial charge in [0.1, 0.15) is 18.0 Å². The van der Waals surface area contributed by atoms with Crippen LogP contribution in [0.1, 0.15) is 11.3 Å². The second kappa shape index (κ2) is 9.05. The largest absolute Gasteiger partial charge is 0.497 e. The van der Waals surface area contributed by atoms with E-state index < -0.39 is 21.5 Å². The van der Waals surface area contributed by atoms with Gasteiger partial charge in [0.05, 0.1) is 12.0 Å². The molecular weight excluding hydrogens is 418 g/mol. The summed E-state index contributed by atoms with van der Waals surface area (Å²) < 4.78 is 33.9. The van der Waals surface area contributed by atoms with Gasteiger partial charge in [-0.05, 0) is 67.9 Å². The molecule has 3 rings (SSSR count). The van der Waals surface area contributed by atoms with Gasteiger partial charge in [-0.3, -0.25) is 14.3 Å². The van der Waals surface area contributed by atoms with E-state index in [9.17, 15) is 18.0 Å². The van der Waals surface area contributed by atoms with Crippen LogP contribution in [-0.4, -0.2) is 26.0 Å². The number of aromatic nitrogens is 1. The van der Waals surface area contributed by atoms with Crippen LogP contribution in [0.25, 0.3) is 0 Å². The summed E-state index contributed by atoms with van der Waals surface area (Å²) >= 11 is 0. The van der Waals surface area contributed by atoms with E-state index in [4.69, 9.17) is 4.74 Å². The Bertz CT molecular complexity index is 1270. The Morgan fingerprint density at radius 3 is 2.39 bits per heavy atom. The molecule has 3 aromatic rings. The first-order chi connectivity index (χ1) is 14.7. The minimum atomic E-state index is -3.99. The van der Waals surface area contributed by atoms with Gasteiger partial charge in [0, 0.05) is 11.4 Å². The van der Waals surface area contributed by atoms with Crippen molar-refractivity contribution in [2.75, 3.05) is 17.1 Å². The first-order valence-corrected chi connectivity index (χ1v) is 10.9. The van der Waals surface area contributed by atoms with Crippen molar-refractivity contribution in [3.63, 3.8) is 0 Å². The number of carbonyl (C=O) groups excluding carboxylic acids is 1. The third-order valence-electron chi connectivity index (χ3n) is 4.61. The number of nitrogens with zero attached hydrogens (tertiary/aromatic N) is 1. The summed E-state index contributed by atoms with van der Waals surface area (Å²) in [7, 11) is -2.51. The number of hydrogen-bond donors (Lipinski definition) is 2.